The number of nitrogens with one attached hydrogen (secondary N) is 2. The first kappa shape index (κ1) is 13.5. The first-order chi connectivity index (χ1) is 8.69. The molecule has 1 aliphatic rings. The van der Waals surface area contributed by atoms with Crippen LogP contribution in [0.1, 0.15) is 49.0 Å². The van der Waals surface area contributed by atoms with Crippen molar-refractivity contribution in [2.45, 2.75) is 51.6 Å². The molecule has 0 bridgehead atoms. The Morgan fingerprint density at radius 1 is 1.67 bits per heavy atom. The van der Waals surface area contributed by atoms with Gasteiger partial charge in [0, 0.05) is 30.1 Å². The van der Waals surface area contributed by atoms with E-state index in [2.05, 4.69) is 29.5 Å². The van der Waals surface area contributed by atoms with Gasteiger partial charge in [-0.1, -0.05) is 6.92 Å². The Kier molecular flexibility index (Phi) is 4.72. The van der Waals surface area contributed by atoms with Gasteiger partial charge in [-0.3, -0.25) is 4.79 Å². The second kappa shape index (κ2) is 6.29. The number of amides is 1. The summed E-state index contributed by atoms with van der Waals surface area (Å²) >= 11 is 1.76. The van der Waals surface area contributed by atoms with Gasteiger partial charge < -0.3 is 10.6 Å². The molecule has 1 saturated heterocycles. The topological polar surface area (TPSA) is 54.0 Å². The van der Waals surface area contributed by atoms with Gasteiger partial charge in [0.1, 0.15) is 5.01 Å². The smallest absolute Gasteiger partial charge is 0.221 e. The SMILES string of the molecule is CCc1cnc(C(C)NC2CCCNC(=O)C2)s1. The number of thiazole rings is 1. The van der Waals surface area contributed by atoms with Gasteiger partial charge in [0.15, 0.2) is 0 Å². The summed E-state index contributed by atoms with van der Waals surface area (Å²) in [6.45, 7) is 5.08. The first-order valence-electron chi connectivity index (χ1n) is 6.66. The van der Waals surface area contributed by atoms with E-state index in [1.54, 1.807) is 11.3 Å². The van der Waals surface area contributed by atoms with E-state index in [1.807, 2.05) is 6.20 Å². The molecule has 1 aromatic heterocycles. The second-order valence-corrected chi connectivity index (χ2v) is 5.95. The predicted octanol–water partition coefficient (Wildman–Crippen LogP) is 2.02. The van der Waals surface area contributed by atoms with E-state index >= 15 is 0 Å². The highest BCUT2D eigenvalue weighted by molar-refractivity contribution is 7.11. The summed E-state index contributed by atoms with van der Waals surface area (Å²) in [4.78, 5) is 17.3. The minimum atomic E-state index is 0.158. The van der Waals surface area contributed by atoms with E-state index in [0.29, 0.717) is 6.42 Å². The number of aryl methyl sites for hydroxylation is 1. The van der Waals surface area contributed by atoms with Crippen molar-refractivity contribution >= 4 is 17.2 Å². The highest BCUT2D eigenvalue weighted by Gasteiger charge is 2.20. The van der Waals surface area contributed by atoms with Crippen LogP contribution in [0.25, 0.3) is 0 Å². The number of aromatic nitrogens is 1. The molecule has 1 aliphatic heterocycles. The Morgan fingerprint density at radius 3 is 3.22 bits per heavy atom. The van der Waals surface area contributed by atoms with E-state index in [0.717, 1.165) is 30.8 Å². The molecule has 0 saturated carbocycles. The van der Waals surface area contributed by atoms with Crippen LogP contribution in [-0.2, 0) is 11.2 Å². The molecule has 1 aromatic rings. The Morgan fingerprint density at radius 2 is 2.50 bits per heavy atom. The molecule has 2 rings (SSSR count). The molecule has 2 atom stereocenters. The Bertz CT molecular complexity index is 405. The van der Waals surface area contributed by atoms with Crippen LogP contribution < -0.4 is 10.6 Å². The minimum Gasteiger partial charge on any atom is -0.356 e. The Balaban J connectivity index is 1.93. The normalized spacial score (nSPS) is 22.3. The molecule has 2 heterocycles. The number of carbonyl (C=O) groups excluding carboxylic acids is 1. The van der Waals surface area contributed by atoms with E-state index in [4.69, 9.17) is 0 Å². The van der Waals surface area contributed by atoms with Gasteiger partial charge in [-0.25, -0.2) is 4.98 Å². The van der Waals surface area contributed by atoms with Crippen molar-refractivity contribution in [3.8, 4) is 0 Å². The van der Waals surface area contributed by atoms with Gasteiger partial charge >= 0.3 is 0 Å². The lowest BCUT2D eigenvalue weighted by Gasteiger charge is -2.19. The van der Waals surface area contributed by atoms with E-state index in [1.165, 1.54) is 4.88 Å². The summed E-state index contributed by atoms with van der Waals surface area (Å²) in [5.74, 6) is 0.158. The van der Waals surface area contributed by atoms with Gasteiger partial charge in [0.2, 0.25) is 5.91 Å². The highest BCUT2D eigenvalue weighted by Crippen LogP contribution is 2.21. The summed E-state index contributed by atoms with van der Waals surface area (Å²) < 4.78 is 0. The molecule has 100 valence electrons. The molecule has 1 fully saturated rings. The molecule has 0 spiro atoms. The fourth-order valence-corrected chi connectivity index (χ4v) is 3.10. The fourth-order valence-electron chi connectivity index (χ4n) is 2.23. The quantitative estimate of drug-likeness (QED) is 0.877. The molecular formula is C13H21N3OS. The summed E-state index contributed by atoms with van der Waals surface area (Å²) in [6, 6.07) is 0.502. The van der Waals surface area contributed by atoms with E-state index in [9.17, 15) is 4.79 Å². The third kappa shape index (κ3) is 3.53. The lowest BCUT2D eigenvalue weighted by Crippen LogP contribution is -2.34. The average Bonchev–Trinajstić information content (AvgIpc) is 2.74. The summed E-state index contributed by atoms with van der Waals surface area (Å²) in [5.41, 5.74) is 0. The molecular weight excluding hydrogens is 246 g/mol. The van der Waals surface area contributed by atoms with Crippen molar-refractivity contribution in [3.63, 3.8) is 0 Å². The monoisotopic (exact) mass is 267 g/mol. The number of hydrogen-bond acceptors (Lipinski definition) is 4. The first-order valence-corrected chi connectivity index (χ1v) is 7.48. The van der Waals surface area contributed by atoms with Crippen molar-refractivity contribution in [1.29, 1.82) is 0 Å². The molecule has 2 unspecified atom stereocenters. The van der Waals surface area contributed by atoms with Crippen molar-refractivity contribution in [2.75, 3.05) is 6.54 Å². The number of hydrogen-bond donors (Lipinski definition) is 2. The lowest BCUT2D eigenvalue weighted by atomic mass is 10.1. The number of rotatable bonds is 4. The minimum absolute atomic E-state index is 0.158. The van der Waals surface area contributed by atoms with Crippen molar-refractivity contribution < 1.29 is 4.79 Å². The summed E-state index contributed by atoms with van der Waals surface area (Å²) in [5, 5.41) is 7.56. The van der Waals surface area contributed by atoms with Crippen molar-refractivity contribution in [3.05, 3.63) is 16.1 Å². The van der Waals surface area contributed by atoms with Gasteiger partial charge in [-0.15, -0.1) is 11.3 Å². The molecule has 1 amide bonds. The van der Waals surface area contributed by atoms with E-state index < -0.39 is 0 Å². The van der Waals surface area contributed by atoms with Gasteiger partial charge in [-0.05, 0) is 26.2 Å². The van der Waals surface area contributed by atoms with Crippen LogP contribution in [0.2, 0.25) is 0 Å². The molecule has 5 heteroatoms. The second-order valence-electron chi connectivity index (χ2n) is 4.80. The van der Waals surface area contributed by atoms with Crippen molar-refractivity contribution in [2.24, 2.45) is 0 Å². The largest absolute Gasteiger partial charge is 0.356 e. The van der Waals surface area contributed by atoms with Gasteiger partial charge in [0.05, 0.1) is 6.04 Å². The number of carbonyl (C=O) groups is 1. The zero-order valence-electron chi connectivity index (χ0n) is 11.0. The Hall–Kier alpha value is -0.940. The molecule has 4 nitrogen and oxygen atoms in total. The molecule has 0 aromatic carbocycles. The fraction of sp³-hybridized carbons (Fsp3) is 0.692. The van der Waals surface area contributed by atoms with Gasteiger partial charge in [-0.2, -0.15) is 0 Å². The van der Waals surface area contributed by atoms with Gasteiger partial charge in [0.25, 0.3) is 0 Å². The third-order valence-electron chi connectivity index (χ3n) is 3.26. The Labute approximate surface area is 112 Å². The zero-order chi connectivity index (χ0) is 13.0. The maximum absolute atomic E-state index is 11.5. The van der Waals surface area contributed by atoms with Crippen LogP contribution in [0.3, 0.4) is 0 Å². The summed E-state index contributed by atoms with van der Waals surface area (Å²) in [7, 11) is 0. The lowest BCUT2D eigenvalue weighted by molar-refractivity contribution is -0.121. The standard InChI is InChI=1S/C13H21N3OS/c1-3-11-8-15-13(18-11)9(2)16-10-5-4-6-14-12(17)7-10/h8-10,16H,3-7H2,1-2H3,(H,14,17). The molecule has 0 aliphatic carbocycles. The van der Waals surface area contributed by atoms with Crippen LogP contribution in [0.15, 0.2) is 6.20 Å². The predicted molar refractivity (Wildman–Crippen MR) is 73.7 cm³/mol. The van der Waals surface area contributed by atoms with Crippen LogP contribution in [-0.4, -0.2) is 23.5 Å². The molecule has 0 radical (unpaired) electrons. The zero-order valence-corrected chi connectivity index (χ0v) is 11.8. The third-order valence-corrected chi connectivity index (χ3v) is 4.58. The van der Waals surface area contributed by atoms with Crippen molar-refractivity contribution in [1.82, 2.24) is 15.6 Å². The highest BCUT2D eigenvalue weighted by atomic mass is 32.1. The van der Waals surface area contributed by atoms with Crippen LogP contribution >= 0.6 is 11.3 Å². The molecule has 18 heavy (non-hydrogen) atoms. The number of nitrogens with zero attached hydrogens (tertiary/aromatic N) is 1. The maximum Gasteiger partial charge on any atom is 0.221 e. The van der Waals surface area contributed by atoms with Crippen LogP contribution in [0, 0.1) is 0 Å². The maximum atomic E-state index is 11.5. The summed E-state index contributed by atoms with van der Waals surface area (Å²) in [6.07, 6.45) is 5.67. The van der Waals surface area contributed by atoms with E-state index in [-0.39, 0.29) is 18.0 Å². The average molecular weight is 267 g/mol. The molecule has 2 N–H and O–H groups in total. The van der Waals surface area contributed by atoms with Crippen LogP contribution in [0.5, 0.6) is 0 Å². The van der Waals surface area contributed by atoms with Crippen LogP contribution in [0.4, 0.5) is 0 Å².